The molecule has 0 spiro atoms. The third kappa shape index (κ3) is 6.74. The maximum Gasteiger partial charge on any atom is 0.248 e. The highest BCUT2D eigenvalue weighted by Gasteiger charge is 2.25. The van der Waals surface area contributed by atoms with E-state index in [1.54, 1.807) is 18.2 Å². The Balaban J connectivity index is 0.00000280. The SMILES string of the molecule is C[N+]1(Cc2ccc(NC(=O)C=Cc3ccc(Cl)c(Cl)c3)cc2)CCOCC1.[I-]. The smallest absolute Gasteiger partial charge is 0.248 e. The first-order chi connectivity index (χ1) is 12.9. The van der Waals surface area contributed by atoms with Gasteiger partial charge in [-0.1, -0.05) is 41.4 Å². The Hall–Kier alpha value is -1.12. The van der Waals surface area contributed by atoms with Crippen molar-refractivity contribution in [2.24, 2.45) is 0 Å². The zero-order valence-corrected chi connectivity index (χ0v) is 19.3. The topological polar surface area (TPSA) is 38.3 Å². The predicted molar refractivity (Wildman–Crippen MR) is 111 cm³/mol. The summed E-state index contributed by atoms with van der Waals surface area (Å²) in [5, 5.41) is 3.83. The minimum absolute atomic E-state index is 0. The normalized spacial score (nSPS) is 15.8. The number of nitrogens with one attached hydrogen (secondary N) is 1. The number of nitrogens with zero attached hydrogens (tertiary/aromatic N) is 1. The van der Waals surface area contributed by atoms with Gasteiger partial charge in [-0.15, -0.1) is 0 Å². The number of benzene rings is 2. The molecule has 2 aromatic carbocycles. The summed E-state index contributed by atoms with van der Waals surface area (Å²) >= 11 is 11.9. The summed E-state index contributed by atoms with van der Waals surface area (Å²) in [6.07, 6.45) is 3.18. The minimum atomic E-state index is -0.194. The molecule has 0 radical (unpaired) electrons. The van der Waals surface area contributed by atoms with Crippen molar-refractivity contribution >= 4 is 40.9 Å². The number of hydrogen-bond donors (Lipinski definition) is 1. The number of amides is 1. The van der Waals surface area contributed by atoms with Crippen LogP contribution in [0.2, 0.25) is 10.0 Å². The number of hydrogen-bond acceptors (Lipinski definition) is 2. The Labute approximate surface area is 193 Å². The molecule has 0 aliphatic carbocycles. The number of rotatable bonds is 5. The van der Waals surface area contributed by atoms with Crippen molar-refractivity contribution in [3.8, 4) is 0 Å². The van der Waals surface area contributed by atoms with Crippen molar-refractivity contribution in [3.63, 3.8) is 0 Å². The van der Waals surface area contributed by atoms with Gasteiger partial charge in [0.2, 0.25) is 5.91 Å². The lowest BCUT2D eigenvalue weighted by Crippen LogP contribution is -3.00. The molecule has 0 aromatic heterocycles. The van der Waals surface area contributed by atoms with Gasteiger partial charge in [0.05, 0.1) is 30.3 Å². The van der Waals surface area contributed by atoms with Gasteiger partial charge in [0, 0.05) is 17.3 Å². The molecule has 1 saturated heterocycles. The van der Waals surface area contributed by atoms with Crippen LogP contribution in [-0.4, -0.2) is 43.7 Å². The molecule has 0 saturated carbocycles. The maximum atomic E-state index is 12.1. The van der Waals surface area contributed by atoms with Crippen molar-refractivity contribution in [3.05, 3.63) is 69.7 Å². The molecule has 28 heavy (non-hydrogen) atoms. The van der Waals surface area contributed by atoms with Crippen LogP contribution in [0.3, 0.4) is 0 Å². The molecule has 4 nitrogen and oxygen atoms in total. The molecule has 1 N–H and O–H groups in total. The van der Waals surface area contributed by atoms with Crippen LogP contribution in [-0.2, 0) is 16.1 Å². The van der Waals surface area contributed by atoms with Gasteiger partial charge in [0.15, 0.2) is 0 Å². The van der Waals surface area contributed by atoms with Crippen LogP contribution in [0.4, 0.5) is 5.69 Å². The van der Waals surface area contributed by atoms with E-state index in [0.717, 1.165) is 48.6 Å². The molecule has 7 heteroatoms. The second-order valence-corrected chi connectivity index (χ2v) is 7.84. The van der Waals surface area contributed by atoms with Crippen LogP contribution in [0.5, 0.6) is 0 Å². The summed E-state index contributed by atoms with van der Waals surface area (Å²) in [5.74, 6) is -0.194. The number of halogens is 3. The Kier molecular flexibility index (Phi) is 8.77. The van der Waals surface area contributed by atoms with E-state index in [0.29, 0.717) is 10.0 Å². The molecule has 1 aliphatic rings. The van der Waals surface area contributed by atoms with Crippen LogP contribution in [0.25, 0.3) is 6.08 Å². The van der Waals surface area contributed by atoms with E-state index in [1.807, 2.05) is 18.2 Å². The van der Waals surface area contributed by atoms with Crippen LogP contribution >= 0.6 is 23.2 Å². The number of quaternary nitrogens is 1. The molecule has 0 unspecified atom stereocenters. The first kappa shape index (κ1) is 23.2. The van der Waals surface area contributed by atoms with Gasteiger partial charge >= 0.3 is 0 Å². The third-order valence-corrected chi connectivity index (χ3v) is 5.45. The fourth-order valence-corrected chi connectivity index (χ4v) is 3.35. The van der Waals surface area contributed by atoms with Gasteiger partial charge in [-0.3, -0.25) is 4.79 Å². The second-order valence-electron chi connectivity index (χ2n) is 7.03. The highest BCUT2D eigenvalue weighted by molar-refractivity contribution is 6.42. The Morgan fingerprint density at radius 1 is 1.11 bits per heavy atom. The van der Waals surface area contributed by atoms with Crippen LogP contribution in [0.1, 0.15) is 11.1 Å². The van der Waals surface area contributed by atoms with Gasteiger partial charge in [-0.05, 0) is 35.9 Å². The number of morpholine rings is 1. The molecular weight excluding hydrogens is 510 g/mol. The molecule has 0 bridgehead atoms. The zero-order valence-electron chi connectivity index (χ0n) is 15.6. The monoisotopic (exact) mass is 532 g/mol. The molecule has 0 atom stereocenters. The average molecular weight is 533 g/mol. The van der Waals surface area contributed by atoms with E-state index < -0.39 is 0 Å². The fourth-order valence-electron chi connectivity index (χ4n) is 3.05. The van der Waals surface area contributed by atoms with E-state index in [1.165, 1.54) is 11.6 Å². The molecule has 1 heterocycles. The molecule has 150 valence electrons. The third-order valence-electron chi connectivity index (χ3n) is 4.71. The molecule has 1 fully saturated rings. The first-order valence-electron chi connectivity index (χ1n) is 8.88. The van der Waals surface area contributed by atoms with E-state index in [-0.39, 0.29) is 29.9 Å². The summed E-state index contributed by atoms with van der Waals surface area (Å²) in [5.41, 5.74) is 2.84. The summed E-state index contributed by atoms with van der Waals surface area (Å²) in [6, 6.07) is 13.2. The Bertz CT molecular complexity index is 835. The molecule has 1 amide bonds. The highest BCUT2D eigenvalue weighted by atomic mass is 127. The molecule has 3 rings (SSSR count). The summed E-state index contributed by atoms with van der Waals surface area (Å²) in [4.78, 5) is 12.1. The minimum Gasteiger partial charge on any atom is -1.00 e. The quantitative estimate of drug-likeness (QED) is 0.361. The fraction of sp³-hybridized carbons (Fsp3) is 0.286. The lowest BCUT2D eigenvalue weighted by Gasteiger charge is -2.37. The average Bonchev–Trinajstić information content (AvgIpc) is 2.65. The Morgan fingerprint density at radius 2 is 1.79 bits per heavy atom. The zero-order chi connectivity index (χ0) is 19.3. The number of carbonyl (C=O) groups is 1. The standard InChI is InChI=1S/C21H22Cl2N2O2.HI/c1-25(10-12-27-13-11-25)15-17-2-6-18(7-3-17)24-21(26)9-5-16-4-8-19(22)20(23)14-16;/h2-9,14H,10-13,15H2,1H3;1H. The lowest BCUT2D eigenvalue weighted by atomic mass is 10.1. The first-order valence-corrected chi connectivity index (χ1v) is 9.63. The van der Waals surface area contributed by atoms with Crippen molar-refractivity contribution in [1.29, 1.82) is 0 Å². The van der Waals surface area contributed by atoms with E-state index in [4.69, 9.17) is 27.9 Å². The van der Waals surface area contributed by atoms with Crippen LogP contribution < -0.4 is 29.3 Å². The van der Waals surface area contributed by atoms with E-state index >= 15 is 0 Å². The van der Waals surface area contributed by atoms with Gasteiger partial charge in [0.1, 0.15) is 19.6 Å². The Morgan fingerprint density at radius 3 is 2.43 bits per heavy atom. The largest absolute Gasteiger partial charge is 1.00 e. The summed E-state index contributed by atoms with van der Waals surface area (Å²) in [6.45, 7) is 4.65. The molecular formula is C21H23Cl2IN2O2. The van der Waals surface area contributed by atoms with Gasteiger partial charge < -0.3 is 38.5 Å². The van der Waals surface area contributed by atoms with Gasteiger partial charge in [0.25, 0.3) is 0 Å². The number of ether oxygens (including phenoxy) is 1. The van der Waals surface area contributed by atoms with Crippen molar-refractivity contribution in [1.82, 2.24) is 0 Å². The van der Waals surface area contributed by atoms with Crippen LogP contribution in [0.15, 0.2) is 48.5 Å². The maximum absolute atomic E-state index is 12.1. The van der Waals surface area contributed by atoms with Gasteiger partial charge in [-0.2, -0.15) is 0 Å². The van der Waals surface area contributed by atoms with Crippen molar-refractivity contribution in [2.75, 3.05) is 38.7 Å². The van der Waals surface area contributed by atoms with Crippen molar-refractivity contribution in [2.45, 2.75) is 6.54 Å². The summed E-state index contributed by atoms with van der Waals surface area (Å²) in [7, 11) is 2.26. The lowest BCUT2D eigenvalue weighted by molar-refractivity contribution is -0.929. The second kappa shape index (κ2) is 10.6. The highest BCUT2D eigenvalue weighted by Crippen LogP contribution is 2.23. The number of carbonyl (C=O) groups excluding carboxylic acids is 1. The van der Waals surface area contributed by atoms with E-state index in [9.17, 15) is 4.79 Å². The predicted octanol–water partition coefficient (Wildman–Crippen LogP) is 1.63. The van der Waals surface area contributed by atoms with Crippen molar-refractivity contribution < 1.29 is 38.0 Å². The van der Waals surface area contributed by atoms with E-state index in [2.05, 4.69) is 24.5 Å². The summed E-state index contributed by atoms with van der Waals surface area (Å²) < 4.78 is 6.43. The molecule has 2 aromatic rings. The number of likely N-dealkylation sites (N-methyl/N-ethyl adjacent to an activating group) is 1. The van der Waals surface area contributed by atoms with Crippen LogP contribution in [0, 0.1) is 0 Å². The number of anilines is 1. The molecule has 1 aliphatic heterocycles. The van der Waals surface area contributed by atoms with Gasteiger partial charge in [-0.25, -0.2) is 0 Å².